The van der Waals surface area contributed by atoms with Crippen LogP contribution in [0, 0.1) is 27.7 Å². The number of sulfone groups is 1. The van der Waals surface area contributed by atoms with Crippen LogP contribution in [0.5, 0.6) is 0 Å². The zero-order valence-electron chi connectivity index (χ0n) is 17.9. The summed E-state index contributed by atoms with van der Waals surface area (Å²) in [6.07, 6.45) is 0. The van der Waals surface area contributed by atoms with E-state index in [4.69, 9.17) is 4.42 Å². The van der Waals surface area contributed by atoms with Crippen molar-refractivity contribution in [1.29, 1.82) is 0 Å². The molecule has 0 bridgehead atoms. The molecule has 6 heteroatoms. The Hall–Kier alpha value is -3.38. The van der Waals surface area contributed by atoms with Gasteiger partial charge in [-0.15, -0.1) is 0 Å². The summed E-state index contributed by atoms with van der Waals surface area (Å²) in [6.45, 7) is 7.85. The molecule has 0 unspecified atom stereocenters. The zero-order valence-corrected chi connectivity index (χ0v) is 18.7. The SMILES string of the molecule is Cc1ccc(S(=O)(=O)c2nc(-c3cccc(C)c3)oc2Nc2cc(C)cc(C)c2)cc1. The van der Waals surface area contributed by atoms with Crippen molar-refractivity contribution in [2.45, 2.75) is 37.6 Å². The molecule has 3 aromatic carbocycles. The van der Waals surface area contributed by atoms with Crippen LogP contribution in [0.4, 0.5) is 11.6 Å². The molecule has 1 heterocycles. The Morgan fingerprint density at radius 2 is 1.45 bits per heavy atom. The second-order valence-corrected chi connectivity index (χ2v) is 9.71. The van der Waals surface area contributed by atoms with E-state index < -0.39 is 9.84 Å². The minimum absolute atomic E-state index is 0.0991. The zero-order chi connectivity index (χ0) is 22.2. The van der Waals surface area contributed by atoms with E-state index in [-0.39, 0.29) is 21.7 Å². The predicted molar refractivity (Wildman–Crippen MR) is 123 cm³/mol. The van der Waals surface area contributed by atoms with Crippen LogP contribution >= 0.6 is 0 Å². The quantitative estimate of drug-likeness (QED) is 0.409. The lowest BCUT2D eigenvalue weighted by molar-refractivity contribution is 0.582. The topological polar surface area (TPSA) is 72.2 Å². The van der Waals surface area contributed by atoms with E-state index in [0.717, 1.165) is 27.9 Å². The third-order valence-corrected chi connectivity index (χ3v) is 6.61. The maximum Gasteiger partial charge on any atom is 0.238 e. The maximum atomic E-state index is 13.4. The monoisotopic (exact) mass is 432 g/mol. The Bertz CT molecular complexity index is 1330. The second kappa shape index (κ2) is 8.04. The third-order valence-electron chi connectivity index (χ3n) is 4.93. The average molecular weight is 433 g/mol. The first-order valence-corrected chi connectivity index (χ1v) is 11.5. The summed E-state index contributed by atoms with van der Waals surface area (Å²) in [5.41, 5.74) is 5.59. The number of oxazole rings is 1. The highest BCUT2D eigenvalue weighted by atomic mass is 32.2. The molecule has 4 aromatic rings. The molecule has 0 atom stereocenters. The van der Waals surface area contributed by atoms with Gasteiger partial charge in [0.2, 0.25) is 26.6 Å². The Labute approximate surface area is 182 Å². The van der Waals surface area contributed by atoms with Crippen LogP contribution in [0.2, 0.25) is 0 Å². The minimum Gasteiger partial charge on any atom is -0.419 e. The van der Waals surface area contributed by atoms with E-state index in [1.165, 1.54) is 0 Å². The van der Waals surface area contributed by atoms with Crippen LogP contribution in [0.15, 0.2) is 81.1 Å². The van der Waals surface area contributed by atoms with Crippen LogP contribution in [0.3, 0.4) is 0 Å². The van der Waals surface area contributed by atoms with Gasteiger partial charge >= 0.3 is 0 Å². The number of nitrogens with one attached hydrogen (secondary N) is 1. The van der Waals surface area contributed by atoms with Crippen molar-refractivity contribution >= 4 is 21.4 Å². The Kier molecular flexibility index (Phi) is 5.41. The molecule has 1 aromatic heterocycles. The van der Waals surface area contributed by atoms with Gasteiger partial charge in [0.15, 0.2) is 0 Å². The van der Waals surface area contributed by atoms with Crippen molar-refractivity contribution in [3.63, 3.8) is 0 Å². The number of aromatic nitrogens is 1. The summed E-state index contributed by atoms with van der Waals surface area (Å²) in [5.74, 6) is 0.350. The number of benzene rings is 3. The molecule has 158 valence electrons. The molecule has 0 radical (unpaired) electrons. The lowest BCUT2D eigenvalue weighted by atomic mass is 10.1. The van der Waals surface area contributed by atoms with Gasteiger partial charge in [0.25, 0.3) is 0 Å². The molecule has 0 spiro atoms. The smallest absolute Gasteiger partial charge is 0.238 e. The number of hydrogen-bond acceptors (Lipinski definition) is 5. The average Bonchev–Trinajstić information content (AvgIpc) is 3.12. The first kappa shape index (κ1) is 20.9. The molecule has 31 heavy (non-hydrogen) atoms. The van der Waals surface area contributed by atoms with Gasteiger partial charge in [-0.05, 0) is 75.2 Å². The largest absolute Gasteiger partial charge is 0.419 e. The molecule has 5 nitrogen and oxygen atoms in total. The summed E-state index contributed by atoms with van der Waals surface area (Å²) in [7, 11) is -3.89. The van der Waals surface area contributed by atoms with Crippen LogP contribution < -0.4 is 5.32 Å². The van der Waals surface area contributed by atoms with Crippen molar-refractivity contribution in [3.8, 4) is 11.5 Å². The number of aryl methyl sites for hydroxylation is 4. The molecule has 0 amide bonds. The minimum atomic E-state index is -3.89. The third kappa shape index (κ3) is 4.39. The predicted octanol–water partition coefficient (Wildman–Crippen LogP) is 6.15. The van der Waals surface area contributed by atoms with Crippen LogP contribution in [0.25, 0.3) is 11.5 Å². The molecule has 0 saturated carbocycles. The van der Waals surface area contributed by atoms with E-state index in [9.17, 15) is 8.42 Å². The van der Waals surface area contributed by atoms with Crippen molar-refractivity contribution in [3.05, 3.63) is 89.0 Å². The second-order valence-electron chi connectivity index (χ2n) is 7.84. The summed E-state index contributed by atoms with van der Waals surface area (Å²) >= 11 is 0. The first-order chi connectivity index (χ1) is 14.7. The van der Waals surface area contributed by atoms with Crippen LogP contribution in [-0.2, 0) is 9.84 Å². The molecular weight excluding hydrogens is 408 g/mol. The molecule has 0 aliphatic heterocycles. The van der Waals surface area contributed by atoms with Gasteiger partial charge in [-0.2, -0.15) is 4.98 Å². The van der Waals surface area contributed by atoms with Gasteiger partial charge in [0, 0.05) is 11.3 Å². The summed E-state index contributed by atoms with van der Waals surface area (Å²) < 4.78 is 32.8. The summed E-state index contributed by atoms with van der Waals surface area (Å²) in [5, 5.41) is 3.01. The highest BCUT2D eigenvalue weighted by molar-refractivity contribution is 7.91. The van der Waals surface area contributed by atoms with Gasteiger partial charge in [0.1, 0.15) is 0 Å². The van der Waals surface area contributed by atoms with Crippen LogP contribution in [-0.4, -0.2) is 13.4 Å². The van der Waals surface area contributed by atoms with Gasteiger partial charge in [0.05, 0.1) is 4.90 Å². The van der Waals surface area contributed by atoms with E-state index in [2.05, 4.69) is 10.3 Å². The van der Waals surface area contributed by atoms with Crippen molar-refractivity contribution in [2.75, 3.05) is 5.32 Å². The maximum absolute atomic E-state index is 13.4. The van der Waals surface area contributed by atoms with Gasteiger partial charge < -0.3 is 9.73 Å². The number of hydrogen-bond donors (Lipinski definition) is 1. The van der Waals surface area contributed by atoms with E-state index in [1.54, 1.807) is 24.3 Å². The highest BCUT2D eigenvalue weighted by Crippen LogP contribution is 2.34. The van der Waals surface area contributed by atoms with Gasteiger partial charge in [-0.3, -0.25) is 0 Å². The fraction of sp³-hybridized carbons (Fsp3) is 0.160. The van der Waals surface area contributed by atoms with Gasteiger partial charge in [-0.1, -0.05) is 41.5 Å². The fourth-order valence-electron chi connectivity index (χ4n) is 3.48. The van der Waals surface area contributed by atoms with E-state index in [0.29, 0.717) is 5.56 Å². The highest BCUT2D eigenvalue weighted by Gasteiger charge is 2.29. The summed E-state index contributed by atoms with van der Waals surface area (Å²) in [6, 6.07) is 20.2. The fourth-order valence-corrected chi connectivity index (χ4v) is 4.73. The summed E-state index contributed by atoms with van der Waals surface area (Å²) in [4.78, 5) is 4.59. The Balaban J connectivity index is 1.86. The number of anilines is 2. The molecule has 0 aliphatic carbocycles. The molecule has 0 fully saturated rings. The Morgan fingerprint density at radius 3 is 2.10 bits per heavy atom. The molecule has 0 aliphatic rings. The van der Waals surface area contributed by atoms with Crippen molar-refractivity contribution < 1.29 is 12.8 Å². The number of nitrogens with zero attached hydrogens (tertiary/aromatic N) is 1. The number of rotatable bonds is 5. The van der Waals surface area contributed by atoms with Crippen LogP contribution in [0.1, 0.15) is 22.3 Å². The molecular formula is C25H24N2O3S. The van der Waals surface area contributed by atoms with Gasteiger partial charge in [-0.25, -0.2) is 8.42 Å². The lowest BCUT2D eigenvalue weighted by Gasteiger charge is -2.08. The normalized spacial score (nSPS) is 11.5. The van der Waals surface area contributed by atoms with Crippen molar-refractivity contribution in [1.82, 2.24) is 4.98 Å². The van der Waals surface area contributed by atoms with Crippen molar-refractivity contribution in [2.24, 2.45) is 0 Å². The first-order valence-electron chi connectivity index (χ1n) is 9.97. The Morgan fingerprint density at radius 1 is 0.774 bits per heavy atom. The van der Waals surface area contributed by atoms with E-state index in [1.807, 2.05) is 70.2 Å². The lowest BCUT2D eigenvalue weighted by Crippen LogP contribution is -2.05. The molecule has 4 rings (SSSR count). The molecule has 0 saturated heterocycles. The standard InChI is InChI=1S/C25H24N2O3S/c1-16-8-10-22(11-9-16)31(28,29)25-24(26-21-14-18(3)12-19(4)15-21)30-23(27-25)20-7-5-6-17(2)13-20/h5-15,26H,1-4H3. The molecule has 1 N–H and O–H groups in total. The van der Waals surface area contributed by atoms with E-state index >= 15 is 0 Å².